The molecule has 0 saturated heterocycles. The Morgan fingerprint density at radius 1 is 1.26 bits per heavy atom. The smallest absolute Gasteiger partial charge is 0.345 e. The molecule has 1 aliphatic carbocycles. The Kier molecular flexibility index (Phi) is 4.22. The first-order valence-corrected chi connectivity index (χ1v) is 8.51. The molecule has 1 unspecified atom stereocenters. The van der Waals surface area contributed by atoms with Crippen LogP contribution in [0.5, 0.6) is 0 Å². The molecular weight excluding hydrogens is 310 g/mol. The SMILES string of the molecule is CC1(C(=O)NCc2ccc(C(=O)O)s2)CCCc2ccccc21. The average Bonchev–Trinajstić information content (AvgIpc) is 3.02. The third-order valence-corrected chi connectivity index (χ3v) is 5.60. The van der Waals surface area contributed by atoms with E-state index in [1.165, 1.54) is 16.9 Å². The molecule has 0 spiro atoms. The third kappa shape index (κ3) is 3.01. The molecule has 4 nitrogen and oxygen atoms in total. The van der Waals surface area contributed by atoms with E-state index in [0.29, 0.717) is 11.4 Å². The van der Waals surface area contributed by atoms with Crippen molar-refractivity contribution >= 4 is 23.2 Å². The largest absolute Gasteiger partial charge is 0.477 e. The summed E-state index contributed by atoms with van der Waals surface area (Å²) in [5.41, 5.74) is 1.85. The van der Waals surface area contributed by atoms with Crippen molar-refractivity contribution in [1.29, 1.82) is 0 Å². The molecule has 0 fully saturated rings. The molecule has 0 bridgehead atoms. The van der Waals surface area contributed by atoms with Crippen LogP contribution < -0.4 is 5.32 Å². The molecule has 1 atom stereocenters. The number of aromatic carboxylic acids is 1. The van der Waals surface area contributed by atoms with Gasteiger partial charge < -0.3 is 10.4 Å². The number of carbonyl (C=O) groups is 2. The molecule has 2 N–H and O–H groups in total. The molecule has 120 valence electrons. The van der Waals surface area contributed by atoms with Gasteiger partial charge in [0.05, 0.1) is 12.0 Å². The molecule has 0 saturated carbocycles. The maximum atomic E-state index is 12.8. The summed E-state index contributed by atoms with van der Waals surface area (Å²) in [5.74, 6) is -0.921. The van der Waals surface area contributed by atoms with E-state index in [9.17, 15) is 9.59 Å². The van der Waals surface area contributed by atoms with E-state index in [1.807, 2.05) is 25.1 Å². The molecule has 23 heavy (non-hydrogen) atoms. The van der Waals surface area contributed by atoms with Crippen molar-refractivity contribution in [1.82, 2.24) is 5.32 Å². The van der Waals surface area contributed by atoms with Crippen LogP contribution in [0.3, 0.4) is 0 Å². The number of hydrogen-bond donors (Lipinski definition) is 2. The maximum Gasteiger partial charge on any atom is 0.345 e. The number of carbonyl (C=O) groups excluding carboxylic acids is 1. The third-order valence-electron chi connectivity index (χ3n) is 4.53. The zero-order valence-electron chi connectivity index (χ0n) is 13.0. The van der Waals surface area contributed by atoms with Gasteiger partial charge in [-0.1, -0.05) is 24.3 Å². The first kappa shape index (κ1) is 15.7. The normalized spacial score (nSPS) is 19.9. The second kappa shape index (κ2) is 6.16. The fraction of sp³-hybridized carbons (Fsp3) is 0.333. The number of thiophene rings is 1. The molecule has 3 rings (SSSR count). The summed E-state index contributed by atoms with van der Waals surface area (Å²) in [5, 5.41) is 11.9. The summed E-state index contributed by atoms with van der Waals surface area (Å²) in [6, 6.07) is 11.5. The Hall–Kier alpha value is -2.14. The molecule has 0 radical (unpaired) electrons. The lowest BCUT2D eigenvalue weighted by molar-refractivity contribution is -0.126. The minimum absolute atomic E-state index is 0.00919. The lowest BCUT2D eigenvalue weighted by Gasteiger charge is -2.34. The Balaban J connectivity index is 1.74. The van der Waals surface area contributed by atoms with Crippen LogP contribution in [-0.4, -0.2) is 17.0 Å². The van der Waals surface area contributed by atoms with Gasteiger partial charge in [0, 0.05) is 4.88 Å². The number of nitrogens with one attached hydrogen (secondary N) is 1. The molecule has 0 aliphatic heterocycles. The van der Waals surface area contributed by atoms with Crippen LogP contribution >= 0.6 is 11.3 Å². The summed E-state index contributed by atoms with van der Waals surface area (Å²) < 4.78 is 0. The lowest BCUT2D eigenvalue weighted by atomic mass is 9.70. The molecule has 1 amide bonds. The van der Waals surface area contributed by atoms with Crippen molar-refractivity contribution < 1.29 is 14.7 Å². The van der Waals surface area contributed by atoms with Gasteiger partial charge >= 0.3 is 5.97 Å². The maximum absolute atomic E-state index is 12.8. The second-order valence-electron chi connectivity index (χ2n) is 6.10. The predicted octanol–water partition coefficient (Wildman–Crippen LogP) is 3.36. The van der Waals surface area contributed by atoms with Gasteiger partial charge in [-0.25, -0.2) is 4.79 Å². The minimum Gasteiger partial charge on any atom is -0.477 e. The number of hydrogen-bond acceptors (Lipinski definition) is 3. The van der Waals surface area contributed by atoms with Gasteiger partial charge in [0.2, 0.25) is 5.91 Å². The van der Waals surface area contributed by atoms with Gasteiger partial charge in [-0.05, 0) is 49.4 Å². The molecule has 1 heterocycles. The van der Waals surface area contributed by atoms with Crippen LogP contribution in [0.4, 0.5) is 0 Å². The predicted molar refractivity (Wildman–Crippen MR) is 89.9 cm³/mol. The first-order valence-electron chi connectivity index (χ1n) is 7.69. The summed E-state index contributed by atoms with van der Waals surface area (Å²) >= 11 is 1.20. The highest BCUT2D eigenvalue weighted by molar-refractivity contribution is 7.13. The Morgan fingerprint density at radius 3 is 2.78 bits per heavy atom. The highest BCUT2D eigenvalue weighted by Crippen LogP contribution is 2.37. The van der Waals surface area contributed by atoms with Crippen molar-refractivity contribution in [3.05, 3.63) is 57.3 Å². The van der Waals surface area contributed by atoms with E-state index < -0.39 is 11.4 Å². The van der Waals surface area contributed by atoms with Gasteiger partial charge in [0.1, 0.15) is 4.88 Å². The number of rotatable bonds is 4. The van der Waals surface area contributed by atoms with E-state index in [1.54, 1.807) is 12.1 Å². The molecule has 1 aromatic carbocycles. The van der Waals surface area contributed by atoms with Gasteiger partial charge in [0.15, 0.2) is 0 Å². The summed E-state index contributed by atoms with van der Waals surface area (Å²) in [7, 11) is 0. The molecule has 1 aromatic heterocycles. The highest BCUT2D eigenvalue weighted by Gasteiger charge is 2.38. The number of carboxylic acid groups (broad SMARTS) is 1. The number of aryl methyl sites for hydroxylation is 1. The van der Waals surface area contributed by atoms with Crippen LogP contribution in [-0.2, 0) is 23.2 Å². The average molecular weight is 329 g/mol. The van der Waals surface area contributed by atoms with Gasteiger partial charge in [-0.3, -0.25) is 4.79 Å². The fourth-order valence-corrected chi connectivity index (χ4v) is 4.02. The van der Waals surface area contributed by atoms with E-state index in [4.69, 9.17) is 5.11 Å². The zero-order valence-corrected chi connectivity index (χ0v) is 13.8. The standard InChI is InChI=1S/C18H19NO3S/c1-18(10-4-6-12-5-2-3-7-14(12)18)17(22)19-11-13-8-9-15(23-13)16(20)21/h2-3,5,7-9H,4,6,10-11H2,1H3,(H,19,22)(H,20,21). The van der Waals surface area contributed by atoms with Crippen molar-refractivity contribution in [3.63, 3.8) is 0 Å². The van der Waals surface area contributed by atoms with Crippen LogP contribution in [0.2, 0.25) is 0 Å². The lowest BCUT2D eigenvalue weighted by Crippen LogP contribution is -2.44. The number of amides is 1. The van der Waals surface area contributed by atoms with Crippen LogP contribution in [0.1, 0.15) is 45.4 Å². The Bertz CT molecular complexity index is 752. The van der Waals surface area contributed by atoms with Crippen molar-refractivity contribution in [2.45, 2.75) is 38.1 Å². The number of benzene rings is 1. The quantitative estimate of drug-likeness (QED) is 0.904. The second-order valence-corrected chi connectivity index (χ2v) is 7.26. The summed E-state index contributed by atoms with van der Waals surface area (Å²) in [6.45, 7) is 2.37. The van der Waals surface area contributed by atoms with E-state index in [2.05, 4.69) is 11.4 Å². The van der Waals surface area contributed by atoms with Crippen LogP contribution in [0.15, 0.2) is 36.4 Å². The van der Waals surface area contributed by atoms with Gasteiger partial charge in [0.25, 0.3) is 0 Å². The molecule has 1 aliphatic rings. The van der Waals surface area contributed by atoms with Crippen molar-refractivity contribution in [2.75, 3.05) is 0 Å². The number of carboxylic acids is 1. The molecule has 2 aromatic rings. The minimum atomic E-state index is -0.930. The van der Waals surface area contributed by atoms with E-state index in [-0.39, 0.29) is 5.91 Å². The monoisotopic (exact) mass is 329 g/mol. The summed E-state index contributed by atoms with van der Waals surface area (Å²) in [4.78, 5) is 24.8. The van der Waals surface area contributed by atoms with E-state index in [0.717, 1.165) is 29.7 Å². The first-order chi connectivity index (χ1) is 11.0. The summed E-state index contributed by atoms with van der Waals surface area (Å²) in [6.07, 6.45) is 2.86. The van der Waals surface area contributed by atoms with Crippen LogP contribution in [0, 0.1) is 0 Å². The van der Waals surface area contributed by atoms with Crippen molar-refractivity contribution in [3.8, 4) is 0 Å². The van der Waals surface area contributed by atoms with Crippen LogP contribution in [0.25, 0.3) is 0 Å². The molecule has 5 heteroatoms. The van der Waals surface area contributed by atoms with E-state index >= 15 is 0 Å². The Labute approximate surface area is 139 Å². The van der Waals surface area contributed by atoms with Gasteiger partial charge in [-0.2, -0.15) is 0 Å². The Morgan fingerprint density at radius 2 is 2.04 bits per heavy atom. The highest BCUT2D eigenvalue weighted by atomic mass is 32.1. The fourth-order valence-electron chi connectivity index (χ4n) is 3.23. The molecular formula is C18H19NO3S. The van der Waals surface area contributed by atoms with Crippen molar-refractivity contribution in [2.24, 2.45) is 0 Å². The topological polar surface area (TPSA) is 66.4 Å². The zero-order chi connectivity index (χ0) is 16.4. The van der Waals surface area contributed by atoms with Gasteiger partial charge in [-0.15, -0.1) is 11.3 Å². The number of fused-ring (bicyclic) bond motifs is 1.